The molecule has 5 nitrogen and oxygen atoms in total. The minimum absolute atomic E-state index is 0.0490. The Kier molecular flexibility index (Phi) is 17.0. The lowest BCUT2D eigenvalue weighted by molar-refractivity contribution is -0.129. The largest absolute Gasteiger partial charge is 0.345 e. The normalized spacial score (nSPS) is 21.5. The Bertz CT molecular complexity index is 364. The first kappa shape index (κ1) is 27.3. The van der Waals surface area contributed by atoms with E-state index in [-0.39, 0.29) is 29.7 Å². The zero-order chi connectivity index (χ0) is 20.7. The lowest BCUT2D eigenvalue weighted by Gasteiger charge is -2.30. The van der Waals surface area contributed by atoms with E-state index in [1.165, 1.54) is 0 Å². The maximum atomic E-state index is 12.3. The molecule has 156 valence electrons. The van der Waals surface area contributed by atoms with Crippen LogP contribution in [0.3, 0.4) is 0 Å². The quantitative estimate of drug-likeness (QED) is 0.609. The Hall–Kier alpha value is -0.940. The number of amides is 1. The molecule has 2 atom stereocenters. The molecule has 0 radical (unpaired) electrons. The van der Waals surface area contributed by atoms with Gasteiger partial charge in [0.2, 0.25) is 5.91 Å². The molecular weight excluding hydrogens is 326 g/mol. The highest BCUT2D eigenvalue weighted by Gasteiger charge is 2.28. The topological polar surface area (TPSA) is 84.2 Å². The van der Waals surface area contributed by atoms with Gasteiger partial charge in [-0.2, -0.15) is 0 Å². The van der Waals surface area contributed by atoms with E-state index in [1.807, 2.05) is 41.5 Å². The van der Waals surface area contributed by atoms with Crippen molar-refractivity contribution in [3.8, 4) is 0 Å². The summed E-state index contributed by atoms with van der Waals surface area (Å²) in [7, 11) is 1.78. The van der Waals surface area contributed by atoms with E-state index < -0.39 is 0 Å². The Balaban J connectivity index is 0. The number of nitrogens with one attached hydrogen (secondary N) is 2. The Labute approximate surface area is 162 Å². The summed E-state index contributed by atoms with van der Waals surface area (Å²) in [5, 5.41) is 5.97. The number of hydrogen-bond donors (Lipinski definition) is 3. The predicted octanol–water partition coefficient (Wildman–Crippen LogP) is 3.51. The number of ketones is 1. The first-order valence-corrected chi connectivity index (χ1v) is 10.6. The Morgan fingerprint density at radius 3 is 1.81 bits per heavy atom. The van der Waals surface area contributed by atoms with Crippen molar-refractivity contribution in [3.63, 3.8) is 0 Å². The smallest absolute Gasteiger partial charge is 0.237 e. The van der Waals surface area contributed by atoms with E-state index in [1.54, 1.807) is 14.0 Å². The summed E-state index contributed by atoms with van der Waals surface area (Å²) in [6, 6.07) is -0.614. The van der Waals surface area contributed by atoms with Gasteiger partial charge in [0, 0.05) is 0 Å². The zero-order valence-electron chi connectivity index (χ0n) is 18.5. The molecular formula is C21H45N3O2. The third-order valence-corrected chi connectivity index (χ3v) is 4.94. The minimum Gasteiger partial charge on any atom is -0.345 e. The standard InChI is InChI=1S/C17H33N3O2.2C2H6/c1-11(2)16(19-4)17(22)20-15(12(3)21)9-13-5-7-14(10-18)8-6-13;2*1-2/h11,13-16,19H,5-10,18H2,1-4H3,(H,20,22);2*1-2H3. The van der Waals surface area contributed by atoms with Crippen LogP contribution in [-0.2, 0) is 9.59 Å². The van der Waals surface area contributed by atoms with Gasteiger partial charge in [-0.05, 0) is 57.5 Å². The molecule has 0 heterocycles. The first-order valence-electron chi connectivity index (χ1n) is 10.6. The highest BCUT2D eigenvalue weighted by Crippen LogP contribution is 2.31. The lowest BCUT2D eigenvalue weighted by Crippen LogP contribution is -2.51. The summed E-state index contributed by atoms with van der Waals surface area (Å²) >= 11 is 0. The van der Waals surface area contributed by atoms with E-state index in [0.29, 0.717) is 11.8 Å². The number of Topliss-reactive ketones (excluding diaryl/α,β-unsaturated/α-hetero) is 1. The van der Waals surface area contributed by atoms with Crippen LogP contribution in [0.1, 0.15) is 80.6 Å². The van der Waals surface area contributed by atoms with Crippen LogP contribution < -0.4 is 16.4 Å². The van der Waals surface area contributed by atoms with E-state index in [2.05, 4.69) is 10.6 Å². The van der Waals surface area contributed by atoms with Crippen molar-refractivity contribution < 1.29 is 9.59 Å². The van der Waals surface area contributed by atoms with Gasteiger partial charge >= 0.3 is 0 Å². The number of likely N-dealkylation sites (N-methyl/N-ethyl adjacent to an activating group) is 1. The Morgan fingerprint density at radius 1 is 1.00 bits per heavy atom. The van der Waals surface area contributed by atoms with Crippen molar-refractivity contribution in [2.24, 2.45) is 23.5 Å². The van der Waals surface area contributed by atoms with Gasteiger partial charge in [-0.3, -0.25) is 9.59 Å². The molecule has 1 fully saturated rings. The van der Waals surface area contributed by atoms with Crippen molar-refractivity contribution in [1.29, 1.82) is 0 Å². The highest BCUT2D eigenvalue weighted by atomic mass is 16.2. The van der Waals surface area contributed by atoms with Crippen molar-refractivity contribution in [2.75, 3.05) is 13.6 Å². The first-order chi connectivity index (χ1) is 12.4. The van der Waals surface area contributed by atoms with Gasteiger partial charge in [0.25, 0.3) is 0 Å². The zero-order valence-corrected chi connectivity index (χ0v) is 18.5. The molecule has 1 saturated carbocycles. The SMILES string of the molecule is CC.CC.CNC(C(=O)NC(CC1CCC(CN)CC1)C(C)=O)C(C)C. The van der Waals surface area contributed by atoms with Gasteiger partial charge in [-0.25, -0.2) is 0 Å². The van der Waals surface area contributed by atoms with Gasteiger partial charge in [-0.15, -0.1) is 0 Å². The average Bonchev–Trinajstić information content (AvgIpc) is 2.65. The third-order valence-electron chi connectivity index (χ3n) is 4.94. The van der Waals surface area contributed by atoms with Gasteiger partial charge in [-0.1, -0.05) is 54.4 Å². The molecule has 1 rings (SSSR count). The monoisotopic (exact) mass is 371 g/mol. The molecule has 1 aliphatic carbocycles. The molecule has 5 heteroatoms. The molecule has 1 amide bonds. The highest BCUT2D eigenvalue weighted by molar-refractivity contribution is 5.89. The van der Waals surface area contributed by atoms with Crippen LogP contribution in [0.5, 0.6) is 0 Å². The van der Waals surface area contributed by atoms with Gasteiger partial charge in [0.1, 0.15) is 0 Å². The van der Waals surface area contributed by atoms with Gasteiger partial charge < -0.3 is 16.4 Å². The Morgan fingerprint density at radius 2 is 1.46 bits per heavy atom. The van der Waals surface area contributed by atoms with E-state index in [0.717, 1.165) is 38.6 Å². The fourth-order valence-electron chi connectivity index (χ4n) is 3.39. The molecule has 4 N–H and O–H groups in total. The fourth-order valence-corrected chi connectivity index (χ4v) is 3.39. The maximum absolute atomic E-state index is 12.3. The molecule has 0 bridgehead atoms. The summed E-state index contributed by atoms with van der Waals surface area (Å²) < 4.78 is 0. The van der Waals surface area contributed by atoms with Crippen LogP contribution in [0, 0.1) is 17.8 Å². The van der Waals surface area contributed by atoms with Gasteiger partial charge in [0.05, 0.1) is 12.1 Å². The van der Waals surface area contributed by atoms with E-state index in [9.17, 15) is 9.59 Å². The summed E-state index contributed by atoms with van der Waals surface area (Å²) in [6.45, 7) is 14.3. The molecule has 2 unspecified atom stereocenters. The second kappa shape index (κ2) is 16.2. The average molecular weight is 372 g/mol. The molecule has 0 saturated heterocycles. The number of nitrogens with two attached hydrogens (primary N) is 1. The number of rotatable bonds is 8. The molecule has 0 aliphatic heterocycles. The number of hydrogen-bond acceptors (Lipinski definition) is 4. The van der Waals surface area contributed by atoms with Crippen LogP contribution in [0.15, 0.2) is 0 Å². The summed E-state index contributed by atoms with van der Waals surface area (Å²) in [5.41, 5.74) is 5.72. The summed E-state index contributed by atoms with van der Waals surface area (Å²) in [4.78, 5) is 24.2. The van der Waals surface area contributed by atoms with Gasteiger partial charge in [0.15, 0.2) is 5.78 Å². The molecule has 0 aromatic heterocycles. The molecule has 0 aromatic rings. The molecule has 0 aromatic carbocycles. The molecule has 26 heavy (non-hydrogen) atoms. The van der Waals surface area contributed by atoms with Crippen molar-refractivity contribution >= 4 is 11.7 Å². The number of carbonyl (C=O) groups excluding carboxylic acids is 2. The van der Waals surface area contributed by atoms with Crippen LogP contribution in [0.4, 0.5) is 0 Å². The van der Waals surface area contributed by atoms with Crippen LogP contribution >= 0.6 is 0 Å². The van der Waals surface area contributed by atoms with E-state index in [4.69, 9.17) is 5.73 Å². The van der Waals surface area contributed by atoms with Crippen molar-refractivity contribution in [2.45, 2.75) is 92.7 Å². The third kappa shape index (κ3) is 10.3. The second-order valence-corrected chi connectivity index (χ2v) is 7.04. The fraction of sp³-hybridized carbons (Fsp3) is 0.905. The maximum Gasteiger partial charge on any atom is 0.237 e. The van der Waals surface area contributed by atoms with E-state index >= 15 is 0 Å². The summed E-state index contributed by atoms with van der Waals surface area (Å²) in [5.74, 6) is 1.32. The van der Waals surface area contributed by atoms with Crippen LogP contribution in [0.2, 0.25) is 0 Å². The van der Waals surface area contributed by atoms with Crippen LogP contribution in [-0.4, -0.2) is 37.4 Å². The van der Waals surface area contributed by atoms with Crippen molar-refractivity contribution in [1.82, 2.24) is 10.6 Å². The van der Waals surface area contributed by atoms with Crippen LogP contribution in [0.25, 0.3) is 0 Å². The molecule has 1 aliphatic rings. The number of carbonyl (C=O) groups is 2. The minimum atomic E-state index is -0.360. The molecule has 0 spiro atoms. The predicted molar refractivity (Wildman–Crippen MR) is 112 cm³/mol. The van der Waals surface area contributed by atoms with Crippen molar-refractivity contribution in [3.05, 3.63) is 0 Å². The summed E-state index contributed by atoms with van der Waals surface area (Å²) in [6.07, 6.45) is 5.27. The second-order valence-electron chi connectivity index (χ2n) is 7.04. The lowest BCUT2D eigenvalue weighted by atomic mass is 9.79.